The fourth-order valence-electron chi connectivity index (χ4n) is 2.17. The molecule has 19 heavy (non-hydrogen) atoms. The molecule has 0 aliphatic carbocycles. The van der Waals surface area contributed by atoms with Gasteiger partial charge in [-0.05, 0) is 25.7 Å². The number of unbranched alkanes of at least 4 members (excludes halogenated alkanes) is 6. The predicted octanol–water partition coefficient (Wildman–Crippen LogP) is 1.32. The van der Waals surface area contributed by atoms with Crippen molar-refractivity contribution in [3.05, 3.63) is 18.7 Å². The first-order valence-corrected chi connectivity index (χ1v) is 8.59. The van der Waals surface area contributed by atoms with Crippen molar-refractivity contribution < 1.29 is 21.5 Å². The maximum Gasteiger partial charge on any atom is 0.243 e. The normalized spacial score (nSPS) is 10.4. The van der Waals surface area contributed by atoms with E-state index in [2.05, 4.69) is 50.7 Å². The van der Waals surface area contributed by atoms with E-state index in [9.17, 15) is 0 Å². The molecule has 0 bridgehead atoms. The number of hydrogen-bond donors (Lipinski definition) is 0. The zero-order valence-corrected chi connectivity index (χ0v) is 15.3. The van der Waals surface area contributed by atoms with Gasteiger partial charge in [-0.3, -0.25) is 0 Å². The van der Waals surface area contributed by atoms with E-state index in [1.165, 1.54) is 57.9 Å². The van der Waals surface area contributed by atoms with Crippen LogP contribution < -0.4 is 21.5 Å². The maximum absolute atomic E-state index is 3.47. The second-order valence-corrected chi connectivity index (χ2v) is 5.85. The molecule has 0 saturated carbocycles. The van der Waals surface area contributed by atoms with Crippen LogP contribution in [0.5, 0.6) is 0 Å². The van der Waals surface area contributed by atoms with Gasteiger partial charge in [-0.2, -0.15) is 0 Å². The zero-order valence-electron chi connectivity index (χ0n) is 12.2. The maximum atomic E-state index is 3.47. The van der Waals surface area contributed by atoms with Crippen LogP contribution in [-0.2, 0) is 13.1 Å². The van der Waals surface area contributed by atoms with Gasteiger partial charge >= 0.3 is 0 Å². The van der Waals surface area contributed by atoms with Crippen LogP contribution in [0.1, 0.15) is 58.3 Å². The van der Waals surface area contributed by atoms with Gasteiger partial charge < -0.3 is 17.0 Å². The topological polar surface area (TPSA) is 8.81 Å². The lowest BCUT2D eigenvalue weighted by molar-refractivity contribution is -0.696. The van der Waals surface area contributed by atoms with Crippen LogP contribution in [0.2, 0.25) is 0 Å². The SMILES string of the molecule is CCCCCCCC[n+]1ccn(CCCCBr)c1.[Br-]. The van der Waals surface area contributed by atoms with E-state index in [0.29, 0.717) is 0 Å². The molecule has 2 nitrogen and oxygen atoms in total. The highest BCUT2D eigenvalue weighted by Gasteiger charge is 2.02. The van der Waals surface area contributed by atoms with Gasteiger partial charge in [0.25, 0.3) is 0 Å². The third-order valence-corrected chi connectivity index (χ3v) is 3.88. The van der Waals surface area contributed by atoms with Crippen LogP contribution >= 0.6 is 15.9 Å². The highest BCUT2D eigenvalue weighted by atomic mass is 79.9. The fraction of sp³-hybridized carbons (Fsp3) is 0.800. The van der Waals surface area contributed by atoms with E-state index in [1.807, 2.05) is 0 Å². The molecular weight excluding hydrogens is 368 g/mol. The zero-order chi connectivity index (χ0) is 13.1. The molecule has 0 atom stereocenters. The van der Waals surface area contributed by atoms with Gasteiger partial charge in [0.15, 0.2) is 0 Å². The van der Waals surface area contributed by atoms with Gasteiger partial charge in [0.05, 0.1) is 13.1 Å². The highest BCUT2D eigenvalue weighted by molar-refractivity contribution is 9.09. The number of hydrogen-bond acceptors (Lipinski definition) is 0. The van der Waals surface area contributed by atoms with Crippen LogP contribution in [-0.4, -0.2) is 9.90 Å². The Labute approximate surface area is 137 Å². The fourth-order valence-corrected chi connectivity index (χ4v) is 2.56. The molecular formula is C15H28Br2N2. The summed E-state index contributed by atoms with van der Waals surface area (Å²) in [6, 6.07) is 0. The minimum Gasteiger partial charge on any atom is -1.00 e. The van der Waals surface area contributed by atoms with Crippen LogP contribution in [0.3, 0.4) is 0 Å². The molecule has 1 rings (SSSR count). The van der Waals surface area contributed by atoms with Crippen molar-refractivity contribution in [2.75, 3.05) is 5.33 Å². The van der Waals surface area contributed by atoms with Crippen molar-refractivity contribution in [3.8, 4) is 0 Å². The van der Waals surface area contributed by atoms with Crippen LogP contribution in [0, 0.1) is 0 Å². The molecule has 0 N–H and O–H groups in total. The number of nitrogens with zero attached hydrogens (tertiary/aromatic N) is 2. The van der Waals surface area contributed by atoms with E-state index in [1.54, 1.807) is 0 Å². The van der Waals surface area contributed by atoms with Crippen LogP contribution in [0.4, 0.5) is 0 Å². The van der Waals surface area contributed by atoms with Crippen LogP contribution in [0.25, 0.3) is 0 Å². The quantitative estimate of drug-likeness (QED) is 0.303. The van der Waals surface area contributed by atoms with Crippen molar-refractivity contribution in [2.24, 2.45) is 0 Å². The Morgan fingerprint density at radius 2 is 1.74 bits per heavy atom. The lowest BCUT2D eigenvalue weighted by Crippen LogP contribution is -3.00. The number of halogens is 2. The monoisotopic (exact) mass is 394 g/mol. The summed E-state index contributed by atoms with van der Waals surface area (Å²) in [5.74, 6) is 0. The molecule has 1 heterocycles. The Morgan fingerprint density at radius 3 is 2.47 bits per heavy atom. The molecule has 0 radical (unpaired) electrons. The summed E-state index contributed by atoms with van der Waals surface area (Å²) in [5, 5.41) is 1.12. The molecule has 0 saturated heterocycles. The Morgan fingerprint density at radius 1 is 1.00 bits per heavy atom. The van der Waals surface area contributed by atoms with E-state index < -0.39 is 0 Å². The van der Waals surface area contributed by atoms with E-state index >= 15 is 0 Å². The van der Waals surface area contributed by atoms with Gasteiger partial charge in [0.1, 0.15) is 12.4 Å². The number of rotatable bonds is 11. The summed E-state index contributed by atoms with van der Waals surface area (Å²) in [4.78, 5) is 0. The minimum absolute atomic E-state index is 0. The van der Waals surface area contributed by atoms with Crippen molar-refractivity contribution in [1.82, 2.24) is 4.57 Å². The van der Waals surface area contributed by atoms with Gasteiger partial charge in [0.2, 0.25) is 6.33 Å². The van der Waals surface area contributed by atoms with Gasteiger partial charge in [-0.15, -0.1) is 0 Å². The molecule has 0 unspecified atom stereocenters. The lowest BCUT2D eigenvalue weighted by atomic mass is 10.1. The molecule has 0 spiro atoms. The second-order valence-electron chi connectivity index (χ2n) is 5.05. The summed E-state index contributed by atoms with van der Waals surface area (Å²) in [6.45, 7) is 4.60. The summed E-state index contributed by atoms with van der Waals surface area (Å²) >= 11 is 3.47. The number of alkyl halides is 1. The molecule has 0 aliphatic heterocycles. The minimum atomic E-state index is 0. The average molecular weight is 396 g/mol. The largest absolute Gasteiger partial charge is 1.00 e. The summed E-state index contributed by atoms with van der Waals surface area (Å²) < 4.78 is 4.63. The van der Waals surface area contributed by atoms with E-state index in [4.69, 9.17) is 0 Å². The van der Waals surface area contributed by atoms with Crippen molar-refractivity contribution in [2.45, 2.75) is 71.4 Å². The van der Waals surface area contributed by atoms with Crippen molar-refractivity contribution in [1.29, 1.82) is 0 Å². The smallest absolute Gasteiger partial charge is 0.243 e. The van der Waals surface area contributed by atoms with Crippen molar-refractivity contribution >= 4 is 15.9 Å². The Hall–Kier alpha value is 0.170. The molecule has 4 heteroatoms. The standard InChI is InChI=1S/C15H28BrN2.BrH/c1-2-3-4-5-6-8-11-17-13-14-18(15-17)12-9-7-10-16;/h13-15H,2-12H2,1H3;1H/q+1;/p-1. The summed E-state index contributed by atoms with van der Waals surface area (Å²) in [5.41, 5.74) is 0. The van der Waals surface area contributed by atoms with Gasteiger partial charge in [0, 0.05) is 5.33 Å². The molecule has 0 aliphatic rings. The summed E-state index contributed by atoms with van der Waals surface area (Å²) in [7, 11) is 0. The number of imidazole rings is 1. The van der Waals surface area contributed by atoms with E-state index in [-0.39, 0.29) is 17.0 Å². The number of aromatic nitrogens is 2. The predicted molar refractivity (Wildman–Crippen MR) is 81.0 cm³/mol. The van der Waals surface area contributed by atoms with Gasteiger partial charge in [-0.25, -0.2) is 9.13 Å². The summed E-state index contributed by atoms with van der Waals surface area (Å²) in [6.07, 6.45) is 17.4. The molecule has 1 aromatic rings. The van der Waals surface area contributed by atoms with E-state index in [0.717, 1.165) is 11.9 Å². The lowest BCUT2D eigenvalue weighted by Gasteiger charge is -1.98. The molecule has 0 amide bonds. The Balaban J connectivity index is 0.00000324. The first-order valence-electron chi connectivity index (χ1n) is 7.47. The average Bonchev–Trinajstić information content (AvgIpc) is 2.82. The second kappa shape index (κ2) is 13.2. The van der Waals surface area contributed by atoms with Crippen molar-refractivity contribution in [3.63, 3.8) is 0 Å². The first kappa shape index (κ1) is 19.2. The van der Waals surface area contributed by atoms with Crippen LogP contribution in [0.15, 0.2) is 18.7 Å². The Kier molecular flexibility index (Phi) is 13.3. The highest BCUT2D eigenvalue weighted by Crippen LogP contribution is 2.04. The first-order chi connectivity index (χ1) is 8.86. The third kappa shape index (κ3) is 9.67. The number of aryl methyl sites for hydroxylation is 2. The molecule has 1 aromatic heterocycles. The third-order valence-electron chi connectivity index (χ3n) is 3.32. The Bertz CT molecular complexity index is 300. The van der Waals surface area contributed by atoms with Gasteiger partial charge in [-0.1, -0.05) is 48.5 Å². The molecule has 0 aromatic carbocycles. The molecule has 0 fully saturated rings. The molecule has 112 valence electrons.